The molecule has 2 heterocycles. The zero-order chi connectivity index (χ0) is 14.8. The van der Waals surface area contributed by atoms with Gasteiger partial charge in [0.05, 0.1) is 18.9 Å². The molecule has 0 aliphatic rings. The molecule has 0 bridgehead atoms. The molecule has 21 heavy (non-hydrogen) atoms. The number of hydrogen-bond acceptors (Lipinski definition) is 3. The van der Waals surface area contributed by atoms with Crippen molar-refractivity contribution in [1.82, 2.24) is 9.88 Å². The van der Waals surface area contributed by atoms with Crippen molar-refractivity contribution in [1.29, 1.82) is 0 Å². The fourth-order valence-corrected chi connectivity index (χ4v) is 2.38. The molecule has 1 aromatic carbocycles. The molecule has 0 spiro atoms. The average molecular weight is 284 g/mol. The van der Waals surface area contributed by atoms with Gasteiger partial charge in [0.1, 0.15) is 11.4 Å². The van der Waals surface area contributed by atoms with E-state index in [4.69, 9.17) is 9.15 Å². The molecule has 0 saturated heterocycles. The third-order valence-corrected chi connectivity index (χ3v) is 3.53. The van der Waals surface area contributed by atoms with Crippen LogP contribution in [0, 0.1) is 0 Å². The largest absolute Gasteiger partial charge is 0.496 e. The summed E-state index contributed by atoms with van der Waals surface area (Å²) >= 11 is 0. The molecule has 5 nitrogen and oxygen atoms in total. The molecular weight excluding hydrogens is 268 g/mol. The highest BCUT2D eigenvalue weighted by Gasteiger charge is 2.15. The van der Waals surface area contributed by atoms with Gasteiger partial charge >= 0.3 is 0 Å². The number of hydrogen-bond donors (Lipinski definition) is 1. The molecule has 5 heteroatoms. The third-order valence-electron chi connectivity index (χ3n) is 3.53. The van der Waals surface area contributed by atoms with E-state index in [0.717, 1.165) is 16.8 Å². The zero-order valence-corrected chi connectivity index (χ0v) is 11.9. The normalized spacial score (nSPS) is 10.8. The highest BCUT2D eigenvalue weighted by Crippen LogP contribution is 2.20. The van der Waals surface area contributed by atoms with Gasteiger partial charge in [-0.2, -0.15) is 0 Å². The van der Waals surface area contributed by atoms with E-state index >= 15 is 0 Å². The first-order chi connectivity index (χ1) is 10.2. The first-order valence-corrected chi connectivity index (χ1v) is 6.63. The molecule has 1 N–H and O–H groups in total. The average Bonchev–Trinajstić information content (AvgIpc) is 3.08. The number of carbonyl (C=O) groups excluding carboxylic acids is 1. The highest BCUT2D eigenvalue weighted by molar-refractivity contribution is 5.97. The second-order valence-corrected chi connectivity index (χ2v) is 4.75. The van der Waals surface area contributed by atoms with Crippen LogP contribution in [0.3, 0.4) is 0 Å². The van der Waals surface area contributed by atoms with Crippen molar-refractivity contribution < 1.29 is 13.9 Å². The van der Waals surface area contributed by atoms with E-state index in [1.807, 2.05) is 41.9 Å². The van der Waals surface area contributed by atoms with Crippen LogP contribution in [0.4, 0.5) is 0 Å². The van der Waals surface area contributed by atoms with Gasteiger partial charge in [0.2, 0.25) is 0 Å². The minimum atomic E-state index is -0.144. The summed E-state index contributed by atoms with van der Waals surface area (Å²) in [6.07, 6.45) is 1.61. The van der Waals surface area contributed by atoms with Gasteiger partial charge in [-0.25, -0.2) is 0 Å². The summed E-state index contributed by atoms with van der Waals surface area (Å²) in [4.78, 5) is 12.3. The van der Waals surface area contributed by atoms with E-state index in [0.29, 0.717) is 17.8 Å². The number of aryl methyl sites for hydroxylation is 1. The predicted molar refractivity (Wildman–Crippen MR) is 79.3 cm³/mol. The zero-order valence-electron chi connectivity index (χ0n) is 11.9. The molecule has 0 unspecified atom stereocenters. The molecule has 108 valence electrons. The number of nitrogens with one attached hydrogen (secondary N) is 1. The summed E-state index contributed by atoms with van der Waals surface area (Å²) in [7, 11) is 3.46. The van der Waals surface area contributed by atoms with Crippen molar-refractivity contribution in [2.24, 2.45) is 7.05 Å². The van der Waals surface area contributed by atoms with E-state index in [9.17, 15) is 4.79 Å². The lowest BCUT2D eigenvalue weighted by atomic mass is 10.2. The number of carbonyl (C=O) groups is 1. The van der Waals surface area contributed by atoms with Crippen LogP contribution in [-0.4, -0.2) is 17.6 Å². The Labute approximate surface area is 122 Å². The lowest BCUT2D eigenvalue weighted by Crippen LogP contribution is -2.25. The van der Waals surface area contributed by atoms with Gasteiger partial charge in [-0.1, -0.05) is 18.2 Å². The van der Waals surface area contributed by atoms with E-state index in [2.05, 4.69) is 5.32 Å². The third kappa shape index (κ3) is 2.38. The first-order valence-electron chi connectivity index (χ1n) is 6.63. The maximum atomic E-state index is 12.3. The number of amides is 1. The van der Waals surface area contributed by atoms with E-state index in [1.165, 1.54) is 0 Å². The number of furan rings is 1. The number of nitrogens with zero attached hydrogens (tertiary/aromatic N) is 1. The van der Waals surface area contributed by atoms with E-state index in [1.54, 1.807) is 19.4 Å². The summed E-state index contributed by atoms with van der Waals surface area (Å²) in [6, 6.07) is 11.2. The summed E-state index contributed by atoms with van der Waals surface area (Å²) in [5.41, 5.74) is 3.11. The SMILES string of the molecule is COc1ccccc1CNC(=O)c1cc2occc2n1C. The highest BCUT2D eigenvalue weighted by atomic mass is 16.5. The summed E-state index contributed by atoms with van der Waals surface area (Å²) in [5, 5.41) is 2.90. The first kappa shape index (κ1) is 13.3. The number of aromatic nitrogens is 1. The molecule has 0 aliphatic carbocycles. The van der Waals surface area contributed by atoms with Crippen LogP contribution in [0.15, 0.2) is 47.1 Å². The van der Waals surface area contributed by atoms with Crippen molar-refractivity contribution in [3.05, 3.63) is 53.9 Å². The molecule has 3 rings (SSSR count). The van der Waals surface area contributed by atoms with Gasteiger partial charge in [0.15, 0.2) is 5.58 Å². The van der Waals surface area contributed by atoms with Crippen molar-refractivity contribution >= 4 is 17.0 Å². The second-order valence-electron chi connectivity index (χ2n) is 4.75. The molecule has 3 aromatic rings. The summed E-state index contributed by atoms with van der Waals surface area (Å²) < 4.78 is 12.4. The number of methoxy groups -OCH3 is 1. The molecular formula is C16H16N2O3. The molecule has 1 amide bonds. The Hall–Kier alpha value is -2.69. The molecule has 0 fully saturated rings. The monoisotopic (exact) mass is 284 g/mol. The molecule has 0 aliphatic heterocycles. The summed E-state index contributed by atoms with van der Waals surface area (Å²) in [5.74, 6) is 0.619. The summed E-state index contributed by atoms with van der Waals surface area (Å²) in [6.45, 7) is 0.412. The van der Waals surface area contributed by atoms with Crippen molar-refractivity contribution in [2.45, 2.75) is 6.54 Å². The quantitative estimate of drug-likeness (QED) is 0.801. The van der Waals surface area contributed by atoms with Crippen LogP contribution in [0.5, 0.6) is 5.75 Å². The van der Waals surface area contributed by atoms with Gasteiger partial charge < -0.3 is 19.0 Å². The van der Waals surface area contributed by atoms with Gasteiger partial charge in [0, 0.05) is 31.3 Å². The standard InChI is InChI=1S/C16H16N2O3/c1-18-12-7-8-21-15(12)9-13(18)16(19)17-10-11-5-3-4-6-14(11)20-2/h3-9H,10H2,1-2H3,(H,17,19). The Bertz CT molecular complexity index is 786. The van der Waals surface area contributed by atoms with Crippen molar-refractivity contribution in [3.63, 3.8) is 0 Å². The number of fused-ring (bicyclic) bond motifs is 1. The number of benzene rings is 1. The molecule has 0 radical (unpaired) electrons. The minimum Gasteiger partial charge on any atom is -0.496 e. The van der Waals surface area contributed by atoms with Crippen LogP contribution < -0.4 is 10.1 Å². The smallest absolute Gasteiger partial charge is 0.268 e. The van der Waals surface area contributed by atoms with Gasteiger partial charge in [-0.3, -0.25) is 4.79 Å². The lowest BCUT2D eigenvalue weighted by Gasteiger charge is -2.10. The van der Waals surface area contributed by atoms with Crippen molar-refractivity contribution in [2.75, 3.05) is 7.11 Å². The number of ether oxygens (including phenoxy) is 1. The Morgan fingerprint density at radius 1 is 1.33 bits per heavy atom. The fraction of sp³-hybridized carbons (Fsp3) is 0.188. The molecule has 0 atom stereocenters. The Morgan fingerprint density at radius 2 is 2.14 bits per heavy atom. The predicted octanol–water partition coefficient (Wildman–Crippen LogP) is 2.71. The maximum Gasteiger partial charge on any atom is 0.268 e. The second kappa shape index (κ2) is 5.36. The van der Waals surface area contributed by atoms with E-state index < -0.39 is 0 Å². The molecule has 2 aromatic heterocycles. The van der Waals surface area contributed by atoms with Gasteiger partial charge in [-0.05, 0) is 6.07 Å². The Kier molecular flexibility index (Phi) is 3.39. The number of rotatable bonds is 4. The van der Waals surface area contributed by atoms with Crippen LogP contribution >= 0.6 is 0 Å². The van der Waals surface area contributed by atoms with Crippen LogP contribution in [0.25, 0.3) is 11.1 Å². The van der Waals surface area contributed by atoms with Crippen molar-refractivity contribution in [3.8, 4) is 5.75 Å². The lowest BCUT2D eigenvalue weighted by molar-refractivity contribution is 0.0943. The Morgan fingerprint density at radius 3 is 2.90 bits per heavy atom. The van der Waals surface area contributed by atoms with Crippen LogP contribution in [0.2, 0.25) is 0 Å². The van der Waals surface area contributed by atoms with Crippen LogP contribution in [0.1, 0.15) is 16.1 Å². The fourth-order valence-electron chi connectivity index (χ4n) is 2.38. The minimum absolute atomic E-state index is 0.144. The van der Waals surface area contributed by atoms with Crippen LogP contribution in [-0.2, 0) is 13.6 Å². The molecule has 0 saturated carbocycles. The van der Waals surface area contributed by atoms with Gasteiger partial charge in [-0.15, -0.1) is 0 Å². The van der Waals surface area contributed by atoms with Gasteiger partial charge in [0.25, 0.3) is 5.91 Å². The van der Waals surface area contributed by atoms with E-state index in [-0.39, 0.29) is 5.91 Å². The topological polar surface area (TPSA) is 56.4 Å². The Balaban J connectivity index is 1.77. The number of para-hydroxylation sites is 1. The maximum absolute atomic E-state index is 12.3.